The van der Waals surface area contributed by atoms with Crippen LogP contribution < -0.4 is 0 Å². The standard InChI is InChI=1S/C12H17F/c1-3-11(8-9-13)12-6-4-10(2)5-7-12/h4-7,11H,3,8-9H2,1-2H3. The molecule has 1 atom stereocenters. The smallest absolute Gasteiger partial charge is 0.0900 e. The highest BCUT2D eigenvalue weighted by molar-refractivity contribution is 5.24. The lowest BCUT2D eigenvalue weighted by Crippen LogP contribution is -1.98. The van der Waals surface area contributed by atoms with E-state index in [0.29, 0.717) is 12.3 Å². The summed E-state index contributed by atoms with van der Waals surface area (Å²) in [6, 6.07) is 8.41. The summed E-state index contributed by atoms with van der Waals surface area (Å²) in [5.41, 5.74) is 2.53. The van der Waals surface area contributed by atoms with E-state index in [9.17, 15) is 4.39 Å². The maximum Gasteiger partial charge on any atom is 0.0900 e. The molecule has 1 aromatic rings. The fraction of sp³-hybridized carbons (Fsp3) is 0.500. The summed E-state index contributed by atoms with van der Waals surface area (Å²) in [6.45, 7) is 3.96. The van der Waals surface area contributed by atoms with Crippen LogP contribution in [-0.4, -0.2) is 6.67 Å². The zero-order valence-corrected chi connectivity index (χ0v) is 8.39. The molecule has 1 aromatic carbocycles. The second-order valence-electron chi connectivity index (χ2n) is 3.49. The molecule has 1 rings (SSSR count). The fourth-order valence-electron chi connectivity index (χ4n) is 1.58. The molecule has 0 nitrogen and oxygen atoms in total. The fourth-order valence-corrected chi connectivity index (χ4v) is 1.58. The SMILES string of the molecule is CCC(CCF)c1ccc(C)cc1. The number of halogens is 1. The molecule has 1 unspecified atom stereocenters. The van der Waals surface area contributed by atoms with Crippen molar-refractivity contribution in [1.82, 2.24) is 0 Å². The molecule has 0 N–H and O–H groups in total. The summed E-state index contributed by atoms with van der Waals surface area (Å²) in [5.74, 6) is 0.394. The number of hydrogen-bond acceptors (Lipinski definition) is 0. The average molecular weight is 180 g/mol. The van der Waals surface area contributed by atoms with E-state index < -0.39 is 0 Å². The Bertz CT molecular complexity index is 238. The van der Waals surface area contributed by atoms with Crippen molar-refractivity contribution < 1.29 is 4.39 Å². The van der Waals surface area contributed by atoms with Gasteiger partial charge in [-0.25, -0.2) is 0 Å². The van der Waals surface area contributed by atoms with Crippen molar-refractivity contribution in [3.63, 3.8) is 0 Å². The van der Waals surface area contributed by atoms with Gasteiger partial charge < -0.3 is 0 Å². The molecule has 0 heterocycles. The van der Waals surface area contributed by atoms with Gasteiger partial charge in [0.05, 0.1) is 6.67 Å². The Morgan fingerprint density at radius 3 is 2.31 bits per heavy atom. The second-order valence-corrected chi connectivity index (χ2v) is 3.49. The first-order chi connectivity index (χ1) is 6.27. The van der Waals surface area contributed by atoms with Crippen molar-refractivity contribution in [1.29, 1.82) is 0 Å². The molecular formula is C12H17F. The molecule has 0 aromatic heterocycles. The van der Waals surface area contributed by atoms with E-state index in [1.165, 1.54) is 11.1 Å². The van der Waals surface area contributed by atoms with Gasteiger partial charge in [-0.1, -0.05) is 36.8 Å². The highest BCUT2D eigenvalue weighted by Crippen LogP contribution is 2.23. The average Bonchev–Trinajstić information content (AvgIpc) is 2.16. The van der Waals surface area contributed by atoms with Crippen LogP contribution in [0.3, 0.4) is 0 Å². The maximum absolute atomic E-state index is 12.2. The van der Waals surface area contributed by atoms with Gasteiger partial charge in [0, 0.05) is 0 Å². The van der Waals surface area contributed by atoms with Crippen LogP contribution in [0.4, 0.5) is 4.39 Å². The van der Waals surface area contributed by atoms with Gasteiger partial charge in [0.2, 0.25) is 0 Å². The van der Waals surface area contributed by atoms with Crippen molar-refractivity contribution in [2.24, 2.45) is 0 Å². The maximum atomic E-state index is 12.2. The van der Waals surface area contributed by atoms with Gasteiger partial charge in [0.1, 0.15) is 0 Å². The molecule has 0 amide bonds. The van der Waals surface area contributed by atoms with Crippen LogP contribution in [0.2, 0.25) is 0 Å². The Labute approximate surface area is 79.8 Å². The first kappa shape index (κ1) is 10.2. The summed E-state index contributed by atoms with van der Waals surface area (Å²) < 4.78 is 12.2. The van der Waals surface area contributed by atoms with Gasteiger partial charge in [-0.3, -0.25) is 4.39 Å². The zero-order chi connectivity index (χ0) is 9.68. The Hall–Kier alpha value is -0.850. The van der Waals surface area contributed by atoms with E-state index in [1.54, 1.807) is 0 Å². The van der Waals surface area contributed by atoms with E-state index in [0.717, 1.165) is 6.42 Å². The normalized spacial score (nSPS) is 12.8. The highest BCUT2D eigenvalue weighted by Gasteiger charge is 2.07. The topological polar surface area (TPSA) is 0 Å². The minimum atomic E-state index is -0.216. The Balaban J connectivity index is 2.73. The predicted octanol–water partition coefficient (Wildman–Crippen LogP) is 3.85. The third-order valence-corrected chi connectivity index (χ3v) is 2.50. The third kappa shape index (κ3) is 2.83. The first-order valence-electron chi connectivity index (χ1n) is 4.90. The zero-order valence-electron chi connectivity index (χ0n) is 8.39. The van der Waals surface area contributed by atoms with Crippen molar-refractivity contribution in [2.45, 2.75) is 32.6 Å². The molecule has 1 heteroatoms. The minimum absolute atomic E-state index is 0.216. The molecule has 0 saturated heterocycles. The van der Waals surface area contributed by atoms with Crippen LogP contribution in [0.1, 0.15) is 36.8 Å². The van der Waals surface area contributed by atoms with Crippen LogP contribution in [-0.2, 0) is 0 Å². The van der Waals surface area contributed by atoms with E-state index >= 15 is 0 Å². The number of alkyl halides is 1. The van der Waals surface area contributed by atoms with Crippen LogP contribution in [0.5, 0.6) is 0 Å². The lowest BCUT2D eigenvalue weighted by Gasteiger charge is -2.13. The van der Waals surface area contributed by atoms with Gasteiger partial charge in [-0.2, -0.15) is 0 Å². The van der Waals surface area contributed by atoms with Crippen LogP contribution in [0, 0.1) is 6.92 Å². The summed E-state index contributed by atoms with van der Waals surface area (Å²) in [5, 5.41) is 0. The number of hydrogen-bond donors (Lipinski definition) is 0. The highest BCUT2D eigenvalue weighted by atomic mass is 19.1. The van der Waals surface area contributed by atoms with Gasteiger partial charge >= 0.3 is 0 Å². The summed E-state index contributed by atoms with van der Waals surface area (Å²) in [4.78, 5) is 0. The van der Waals surface area contributed by atoms with E-state index in [-0.39, 0.29) is 6.67 Å². The Morgan fingerprint density at radius 2 is 1.85 bits per heavy atom. The molecule has 0 bridgehead atoms. The molecule has 0 radical (unpaired) electrons. The summed E-state index contributed by atoms with van der Waals surface area (Å²) in [6.07, 6.45) is 1.67. The lowest BCUT2D eigenvalue weighted by atomic mass is 9.93. The Morgan fingerprint density at radius 1 is 1.23 bits per heavy atom. The first-order valence-corrected chi connectivity index (χ1v) is 4.90. The van der Waals surface area contributed by atoms with Crippen LogP contribution in [0.25, 0.3) is 0 Å². The number of benzene rings is 1. The molecule has 0 aliphatic heterocycles. The summed E-state index contributed by atoms with van der Waals surface area (Å²) >= 11 is 0. The molecular weight excluding hydrogens is 163 g/mol. The second kappa shape index (κ2) is 5.00. The van der Waals surface area contributed by atoms with Gasteiger partial charge in [0.15, 0.2) is 0 Å². The monoisotopic (exact) mass is 180 g/mol. The number of rotatable bonds is 4. The predicted molar refractivity (Wildman–Crippen MR) is 54.8 cm³/mol. The van der Waals surface area contributed by atoms with Gasteiger partial charge in [-0.05, 0) is 31.2 Å². The van der Waals surface area contributed by atoms with Crippen LogP contribution >= 0.6 is 0 Å². The van der Waals surface area contributed by atoms with Gasteiger partial charge in [-0.15, -0.1) is 0 Å². The van der Waals surface area contributed by atoms with Gasteiger partial charge in [0.25, 0.3) is 0 Å². The molecule has 0 saturated carbocycles. The third-order valence-electron chi connectivity index (χ3n) is 2.50. The van der Waals surface area contributed by atoms with Crippen molar-refractivity contribution in [3.8, 4) is 0 Å². The van der Waals surface area contributed by atoms with Crippen molar-refractivity contribution in [2.75, 3.05) is 6.67 Å². The largest absolute Gasteiger partial charge is 0.251 e. The van der Waals surface area contributed by atoms with Crippen LogP contribution in [0.15, 0.2) is 24.3 Å². The van der Waals surface area contributed by atoms with E-state index in [1.807, 2.05) is 0 Å². The molecule has 0 aliphatic carbocycles. The molecule has 0 aliphatic rings. The van der Waals surface area contributed by atoms with E-state index in [4.69, 9.17) is 0 Å². The Kier molecular flexibility index (Phi) is 3.94. The lowest BCUT2D eigenvalue weighted by molar-refractivity contribution is 0.433. The molecule has 72 valence electrons. The molecule has 13 heavy (non-hydrogen) atoms. The van der Waals surface area contributed by atoms with Crippen molar-refractivity contribution >= 4 is 0 Å². The number of aryl methyl sites for hydroxylation is 1. The quantitative estimate of drug-likeness (QED) is 0.660. The molecule has 0 fully saturated rings. The van der Waals surface area contributed by atoms with Crippen molar-refractivity contribution in [3.05, 3.63) is 35.4 Å². The summed E-state index contributed by atoms with van der Waals surface area (Å²) in [7, 11) is 0. The minimum Gasteiger partial charge on any atom is -0.251 e. The molecule has 0 spiro atoms. The van der Waals surface area contributed by atoms with E-state index in [2.05, 4.69) is 38.1 Å².